The zero-order valence-corrected chi connectivity index (χ0v) is 40.4. The lowest BCUT2D eigenvalue weighted by Gasteiger charge is -2.39. The van der Waals surface area contributed by atoms with Crippen molar-refractivity contribution in [2.75, 3.05) is 52.9 Å². The molecule has 2 N–H and O–H groups in total. The Morgan fingerprint density at radius 3 is 1.87 bits per heavy atom. The highest BCUT2D eigenvalue weighted by atomic mass is 32.2. The van der Waals surface area contributed by atoms with E-state index in [-0.39, 0.29) is 68.5 Å². The van der Waals surface area contributed by atoms with Crippen molar-refractivity contribution in [3.63, 3.8) is 0 Å². The highest BCUT2D eigenvalue weighted by Gasteiger charge is 2.46. The first-order chi connectivity index (χ1) is 32.9. The lowest BCUT2D eigenvalue weighted by atomic mass is 9.96. The number of nitro benzene ring substituents is 1. The number of aliphatic hydroxyl groups excluding tert-OH is 1. The molecule has 0 spiro atoms. The van der Waals surface area contributed by atoms with Crippen LogP contribution >= 0.6 is 0 Å². The molecule has 5 aromatic carbocycles. The van der Waals surface area contributed by atoms with Gasteiger partial charge in [0.2, 0.25) is 15.8 Å². The molecule has 1 aliphatic heterocycles. The Morgan fingerprint density at radius 2 is 1.36 bits per heavy atom. The number of anilines is 1. The summed E-state index contributed by atoms with van der Waals surface area (Å²) in [5.41, 5.74) is -0.313. The van der Waals surface area contributed by atoms with Gasteiger partial charge in [0, 0.05) is 38.3 Å². The van der Waals surface area contributed by atoms with E-state index < -0.39 is 62.8 Å². The summed E-state index contributed by atoms with van der Waals surface area (Å²) in [6, 6.07) is 27.0. The average molecular weight is 985 g/mol. The van der Waals surface area contributed by atoms with Crippen LogP contribution in [-0.2, 0) is 44.2 Å². The Bertz CT molecular complexity index is 2980. The van der Waals surface area contributed by atoms with Crippen molar-refractivity contribution in [2.45, 2.75) is 61.0 Å². The van der Waals surface area contributed by atoms with E-state index in [1.54, 1.807) is 93.6 Å². The number of carbonyl (C=O) groups excluding carboxylic acids is 1. The lowest BCUT2D eigenvalue weighted by molar-refractivity contribution is -0.383. The van der Waals surface area contributed by atoms with Crippen molar-refractivity contribution >= 4 is 37.3 Å². The second kappa shape index (κ2) is 20.6. The van der Waals surface area contributed by atoms with Crippen molar-refractivity contribution in [3.05, 3.63) is 130 Å². The zero-order valence-electron chi connectivity index (χ0n) is 38.7. The van der Waals surface area contributed by atoms with Crippen LogP contribution in [0.1, 0.15) is 37.5 Å². The third kappa shape index (κ3) is 11.1. The van der Waals surface area contributed by atoms with Crippen LogP contribution in [-0.4, -0.2) is 121 Å². The molecule has 0 aliphatic carbocycles. The zero-order chi connectivity index (χ0) is 49.7. The second-order valence-electron chi connectivity index (χ2n) is 16.9. The maximum Gasteiger partial charge on any atom is 0.410 e. The van der Waals surface area contributed by atoms with Gasteiger partial charge in [0.05, 0.1) is 55.4 Å². The third-order valence-corrected chi connectivity index (χ3v) is 15.2. The molecular formula is C47H52N8O12S2. The molecule has 0 bridgehead atoms. The summed E-state index contributed by atoms with van der Waals surface area (Å²) in [5.74, 6) is 1.24. The predicted octanol–water partition coefficient (Wildman–Crippen LogP) is 6.18. The van der Waals surface area contributed by atoms with Crippen LogP contribution in [0, 0.1) is 10.1 Å². The van der Waals surface area contributed by atoms with E-state index in [1.807, 2.05) is 0 Å². The molecule has 1 aromatic heterocycles. The normalized spacial score (nSPS) is 13.2. The molecule has 1 aliphatic rings. The molecule has 364 valence electrons. The van der Waals surface area contributed by atoms with Crippen LogP contribution in [0.3, 0.4) is 0 Å². The number of likely N-dealkylation sites (tertiary alicyclic amines) is 1. The van der Waals surface area contributed by atoms with Crippen LogP contribution in [0.25, 0.3) is 22.5 Å². The first-order valence-corrected chi connectivity index (χ1v) is 24.5. The summed E-state index contributed by atoms with van der Waals surface area (Å²) in [4.78, 5) is 26.4. The van der Waals surface area contributed by atoms with Crippen molar-refractivity contribution in [3.8, 4) is 39.8 Å². The largest absolute Gasteiger partial charge is 0.497 e. The minimum absolute atomic E-state index is 0.00735. The Hall–Kier alpha value is -7.14. The van der Waals surface area contributed by atoms with Crippen LogP contribution in [0.15, 0.2) is 113 Å². The molecule has 1 amide bonds. The smallest absolute Gasteiger partial charge is 0.410 e. The predicted molar refractivity (Wildman–Crippen MR) is 254 cm³/mol. The molecule has 0 radical (unpaired) electrons. The number of aliphatic hydroxyl groups is 1. The molecule has 0 saturated carbocycles. The van der Waals surface area contributed by atoms with Gasteiger partial charge in [-0.3, -0.25) is 10.1 Å². The molecule has 1 fully saturated rings. The average Bonchev–Trinajstić information content (AvgIpc) is 3.77. The number of nitrogens with zero attached hydrogens (tertiary/aromatic N) is 7. The fourth-order valence-electron chi connectivity index (χ4n) is 7.60. The number of benzene rings is 5. The van der Waals surface area contributed by atoms with Gasteiger partial charge in [-0.05, 0) is 97.3 Å². The van der Waals surface area contributed by atoms with Gasteiger partial charge in [0.15, 0.2) is 9.84 Å². The van der Waals surface area contributed by atoms with E-state index in [1.165, 1.54) is 55.3 Å². The Labute approximate surface area is 399 Å². The number of aromatic nitrogens is 4. The SMILES string of the molecule is COc1ccc(CN(Cc2ccc(OC)cc2)S(=O)(=O)c2c(S(=O)(=O)C3CN(C(=O)OC(C)(C)C)C3)ccc(-c3cccc(NCCO)c3[N+](=O)[O-])c2-c2nnn(Cc3ccc(OC)cc3)n2)cc1. The maximum atomic E-state index is 16.1. The number of tetrazole rings is 1. The van der Waals surface area contributed by atoms with Crippen molar-refractivity contribution in [1.29, 1.82) is 0 Å². The summed E-state index contributed by atoms with van der Waals surface area (Å²) >= 11 is 0. The monoisotopic (exact) mass is 984 g/mol. The molecule has 69 heavy (non-hydrogen) atoms. The number of ether oxygens (including phenoxy) is 4. The minimum atomic E-state index is -5.10. The number of hydrogen-bond acceptors (Lipinski definition) is 16. The fraction of sp³-hybridized carbons (Fsp3) is 0.319. The van der Waals surface area contributed by atoms with Gasteiger partial charge in [0.1, 0.15) is 38.7 Å². The first-order valence-electron chi connectivity index (χ1n) is 21.5. The van der Waals surface area contributed by atoms with Gasteiger partial charge in [-0.1, -0.05) is 48.5 Å². The summed E-state index contributed by atoms with van der Waals surface area (Å²) in [6.07, 6.45) is -0.748. The number of hydrogen-bond donors (Lipinski definition) is 2. The van der Waals surface area contributed by atoms with E-state index in [2.05, 4.69) is 20.7 Å². The second-order valence-corrected chi connectivity index (χ2v) is 21.0. The molecule has 2 heterocycles. The Kier molecular flexibility index (Phi) is 14.9. The number of sulfonamides is 1. The maximum absolute atomic E-state index is 16.1. The fourth-order valence-corrected chi connectivity index (χ4v) is 11.7. The summed E-state index contributed by atoms with van der Waals surface area (Å²) < 4.78 is 85.2. The number of para-hydroxylation sites is 1. The van der Waals surface area contributed by atoms with Crippen LogP contribution in [0.2, 0.25) is 0 Å². The Morgan fingerprint density at radius 1 is 0.812 bits per heavy atom. The summed E-state index contributed by atoms with van der Waals surface area (Å²) in [5, 5.41) is 37.5. The van der Waals surface area contributed by atoms with Gasteiger partial charge in [0.25, 0.3) is 5.69 Å². The topological polar surface area (TPSA) is 248 Å². The number of sulfone groups is 1. The van der Waals surface area contributed by atoms with Gasteiger partial charge in [-0.15, -0.1) is 10.2 Å². The van der Waals surface area contributed by atoms with Crippen LogP contribution in [0.4, 0.5) is 16.2 Å². The molecular weight excluding hydrogens is 933 g/mol. The van der Waals surface area contributed by atoms with Gasteiger partial charge in [-0.2, -0.15) is 9.10 Å². The number of carbonyl (C=O) groups is 1. The molecule has 22 heteroatoms. The number of rotatable bonds is 19. The molecule has 6 aromatic rings. The number of amides is 1. The van der Waals surface area contributed by atoms with Gasteiger partial charge < -0.3 is 34.3 Å². The molecule has 7 rings (SSSR count). The number of methoxy groups -OCH3 is 3. The number of nitrogens with one attached hydrogen (secondary N) is 1. The van der Waals surface area contributed by atoms with Gasteiger partial charge >= 0.3 is 6.09 Å². The highest BCUT2D eigenvalue weighted by Crippen LogP contribution is 2.46. The summed E-state index contributed by atoms with van der Waals surface area (Å²) in [6.45, 7) is 3.37. The minimum Gasteiger partial charge on any atom is -0.497 e. The van der Waals surface area contributed by atoms with Crippen molar-refractivity contribution in [1.82, 2.24) is 29.4 Å². The van der Waals surface area contributed by atoms with Crippen LogP contribution < -0.4 is 19.5 Å². The third-order valence-electron chi connectivity index (χ3n) is 11.1. The van der Waals surface area contributed by atoms with Crippen molar-refractivity contribution < 1.29 is 50.6 Å². The number of nitro groups is 1. The van der Waals surface area contributed by atoms with E-state index in [0.717, 1.165) is 10.4 Å². The van der Waals surface area contributed by atoms with E-state index >= 15 is 16.8 Å². The lowest BCUT2D eigenvalue weighted by Crippen LogP contribution is -2.57. The van der Waals surface area contributed by atoms with Gasteiger partial charge in [-0.25, -0.2) is 21.6 Å². The molecule has 0 atom stereocenters. The standard InChI is InChI=1S/C47H52N8O12S2/c1-47(2,3)67-46(57)52-29-37(30-52)68(60,61)41-23-22-38(39-8-7-9-40(48-24-25-56)43(39)55(58)59)42(45-49-51-54(50-45)28-33-14-20-36(66-6)21-15-33)44(41)69(62,63)53(26-31-10-16-34(64-4)17-11-31)27-32-12-18-35(65-5)19-13-32/h7-23,37,48,56H,24-30H2,1-6H3. The summed E-state index contributed by atoms with van der Waals surface area (Å²) in [7, 11) is -5.30. The quantitative estimate of drug-likeness (QED) is 0.0680. The highest BCUT2D eigenvalue weighted by molar-refractivity contribution is 7.94. The van der Waals surface area contributed by atoms with Crippen LogP contribution in [0.5, 0.6) is 17.2 Å². The molecule has 0 unspecified atom stereocenters. The molecule has 1 saturated heterocycles. The van der Waals surface area contributed by atoms with Crippen molar-refractivity contribution in [2.24, 2.45) is 0 Å². The first kappa shape index (κ1) is 49.8. The van der Waals surface area contributed by atoms with E-state index in [4.69, 9.17) is 18.9 Å². The van der Waals surface area contributed by atoms with E-state index in [0.29, 0.717) is 33.9 Å². The van der Waals surface area contributed by atoms with E-state index in [9.17, 15) is 20.0 Å². The Balaban J connectivity index is 1.51. The molecule has 20 nitrogen and oxygen atoms in total.